The predicted octanol–water partition coefficient (Wildman–Crippen LogP) is 4.35. The Morgan fingerprint density at radius 1 is 1.30 bits per heavy atom. The quantitative estimate of drug-likeness (QED) is 0.766. The van der Waals surface area contributed by atoms with Gasteiger partial charge in [-0.1, -0.05) is 23.7 Å². The van der Waals surface area contributed by atoms with E-state index in [1.54, 1.807) is 12.3 Å². The molecule has 0 radical (unpaired) electrons. The minimum Gasteiger partial charge on any atom is -0.326 e. The first-order chi connectivity index (χ1) is 11.1. The number of aryl methyl sites for hydroxylation is 1. The lowest BCUT2D eigenvalue weighted by atomic mass is 10.2. The smallest absolute Gasteiger partial charge is 0.230 e. The third-order valence-electron chi connectivity index (χ3n) is 3.23. The number of hydrogen-bond acceptors (Lipinski definition) is 4. The number of hydrogen-bond donors (Lipinski definition) is 1. The summed E-state index contributed by atoms with van der Waals surface area (Å²) in [7, 11) is 0. The number of carbonyl (C=O) groups is 1. The molecule has 0 saturated carbocycles. The number of anilines is 1. The van der Waals surface area contributed by atoms with Gasteiger partial charge >= 0.3 is 0 Å². The Bertz CT molecular complexity index is 833. The second-order valence-electron chi connectivity index (χ2n) is 5.05. The average Bonchev–Trinajstić information content (AvgIpc) is 3.00. The van der Waals surface area contributed by atoms with Crippen LogP contribution in [0.15, 0.2) is 48.0 Å². The van der Waals surface area contributed by atoms with Crippen molar-refractivity contribution in [3.05, 3.63) is 64.3 Å². The summed E-state index contributed by atoms with van der Waals surface area (Å²) < 4.78 is 0. The molecule has 23 heavy (non-hydrogen) atoms. The van der Waals surface area contributed by atoms with Gasteiger partial charge in [0.1, 0.15) is 5.01 Å². The number of nitrogens with zero attached hydrogens (tertiary/aromatic N) is 2. The molecule has 0 atom stereocenters. The Balaban J connectivity index is 1.66. The first kappa shape index (κ1) is 15.6. The SMILES string of the molecule is Cc1ccc(NC(=O)Cc2csc(-c3ccccn3)n2)cc1Cl. The van der Waals surface area contributed by atoms with Crippen molar-refractivity contribution in [3.63, 3.8) is 0 Å². The maximum atomic E-state index is 12.1. The molecule has 0 fully saturated rings. The molecule has 3 aromatic rings. The lowest BCUT2D eigenvalue weighted by Gasteiger charge is -2.06. The summed E-state index contributed by atoms with van der Waals surface area (Å²) in [5, 5.41) is 6.16. The molecule has 1 N–H and O–H groups in total. The van der Waals surface area contributed by atoms with Gasteiger partial charge in [0.05, 0.1) is 17.8 Å². The number of rotatable bonds is 4. The second kappa shape index (κ2) is 6.89. The van der Waals surface area contributed by atoms with Crippen LogP contribution in [0.4, 0.5) is 5.69 Å². The number of aromatic nitrogens is 2. The molecule has 0 bridgehead atoms. The van der Waals surface area contributed by atoms with Gasteiger partial charge in [-0.2, -0.15) is 0 Å². The van der Waals surface area contributed by atoms with E-state index in [9.17, 15) is 4.79 Å². The number of amides is 1. The third-order valence-corrected chi connectivity index (χ3v) is 4.55. The van der Waals surface area contributed by atoms with E-state index in [-0.39, 0.29) is 12.3 Å². The van der Waals surface area contributed by atoms with Crippen molar-refractivity contribution in [1.82, 2.24) is 9.97 Å². The Morgan fingerprint density at radius 2 is 2.17 bits per heavy atom. The van der Waals surface area contributed by atoms with Gasteiger partial charge in [0.2, 0.25) is 5.91 Å². The van der Waals surface area contributed by atoms with Crippen LogP contribution in [-0.2, 0) is 11.2 Å². The number of nitrogens with one attached hydrogen (secondary N) is 1. The predicted molar refractivity (Wildman–Crippen MR) is 93.9 cm³/mol. The lowest BCUT2D eigenvalue weighted by Crippen LogP contribution is -2.14. The molecule has 116 valence electrons. The number of pyridine rings is 1. The highest BCUT2D eigenvalue weighted by Crippen LogP contribution is 2.22. The Kier molecular flexibility index (Phi) is 4.69. The van der Waals surface area contributed by atoms with E-state index in [1.807, 2.05) is 42.6 Å². The summed E-state index contributed by atoms with van der Waals surface area (Å²) in [6.07, 6.45) is 1.94. The van der Waals surface area contributed by atoms with Gasteiger partial charge in [0.15, 0.2) is 0 Å². The highest BCUT2D eigenvalue weighted by molar-refractivity contribution is 7.13. The fourth-order valence-corrected chi connectivity index (χ4v) is 3.01. The molecule has 3 rings (SSSR count). The minimum absolute atomic E-state index is 0.122. The van der Waals surface area contributed by atoms with Crippen molar-refractivity contribution < 1.29 is 4.79 Å². The van der Waals surface area contributed by atoms with E-state index in [0.29, 0.717) is 10.7 Å². The van der Waals surface area contributed by atoms with E-state index in [1.165, 1.54) is 11.3 Å². The van der Waals surface area contributed by atoms with Crippen LogP contribution in [0.5, 0.6) is 0 Å². The zero-order chi connectivity index (χ0) is 16.2. The van der Waals surface area contributed by atoms with Gasteiger partial charge in [0, 0.05) is 22.3 Å². The van der Waals surface area contributed by atoms with Crippen LogP contribution in [0.1, 0.15) is 11.3 Å². The molecule has 0 unspecified atom stereocenters. The zero-order valence-corrected chi connectivity index (χ0v) is 14.0. The van der Waals surface area contributed by atoms with Gasteiger partial charge in [-0.3, -0.25) is 9.78 Å². The van der Waals surface area contributed by atoms with Crippen LogP contribution < -0.4 is 5.32 Å². The van der Waals surface area contributed by atoms with E-state index in [0.717, 1.165) is 22.0 Å². The number of carbonyl (C=O) groups excluding carboxylic acids is 1. The fraction of sp³-hybridized carbons (Fsp3) is 0.118. The maximum Gasteiger partial charge on any atom is 0.230 e. The lowest BCUT2D eigenvalue weighted by molar-refractivity contribution is -0.115. The second-order valence-corrected chi connectivity index (χ2v) is 6.31. The Morgan fingerprint density at radius 3 is 2.91 bits per heavy atom. The monoisotopic (exact) mass is 343 g/mol. The van der Waals surface area contributed by atoms with Gasteiger partial charge in [-0.05, 0) is 36.8 Å². The zero-order valence-electron chi connectivity index (χ0n) is 12.4. The standard InChI is InChI=1S/C17H14ClN3OS/c1-11-5-6-12(8-14(11)18)20-16(22)9-13-10-23-17(21-13)15-4-2-3-7-19-15/h2-8,10H,9H2,1H3,(H,20,22). The van der Waals surface area contributed by atoms with Gasteiger partial charge in [-0.25, -0.2) is 4.98 Å². The molecule has 0 aliphatic rings. The van der Waals surface area contributed by atoms with Crippen LogP contribution in [0.3, 0.4) is 0 Å². The van der Waals surface area contributed by atoms with Crippen molar-refractivity contribution in [2.75, 3.05) is 5.32 Å². The van der Waals surface area contributed by atoms with Crippen molar-refractivity contribution in [1.29, 1.82) is 0 Å². The molecule has 1 amide bonds. The molecule has 0 aliphatic heterocycles. The van der Waals surface area contributed by atoms with Crippen LogP contribution in [-0.4, -0.2) is 15.9 Å². The van der Waals surface area contributed by atoms with Gasteiger partial charge in [-0.15, -0.1) is 11.3 Å². The highest BCUT2D eigenvalue weighted by Gasteiger charge is 2.10. The largest absolute Gasteiger partial charge is 0.326 e. The molecule has 0 spiro atoms. The molecule has 4 nitrogen and oxygen atoms in total. The summed E-state index contributed by atoms with van der Waals surface area (Å²) in [4.78, 5) is 20.8. The Hall–Kier alpha value is -2.24. The van der Waals surface area contributed by atoms with E-state index in [2.05, 4.69) is 15.3 Å². The van der Waals surface area contributed by atoms with Crippen LogP contribution >= 0.6 is 22.9 Å². The number of benzene rings is 1. The van der Waals surface area contributed by atoms with Gasteiger partial charge in [0.25, 0.3) is 0 Å². The summed E-state index contributed by atoms with van der Waals surface area (Å²) >= 11 is 7.54. The first-order valence-electron chi connectivity index (χ1n) is 7.03. The van der Waals surface area contributed by atoms with Gasteiger partial charge < -0.3 is 5.32 Å². The fourth-order valence-electron chi connectivity index (χ4n) is 2.04. The molecule has 0 saturated heterocycles. The number of thiazole rings is 1. The van der Waals surface area contributed by atoms with Crippen LogP contribution in [0.25, 0.3) is 10.7 Å². The van der Waals surface area contributed by atoms with Crippen molar-refractivity contribution in [2.24, 2.45) is 0 Å². The molecule has 2 aromatic heterocycles. The maximum absolute atomic E-state index is 12.1. The van der Waals surface area contributed by atoms with E-state index >= 15 is 0 Å². The first-order valence-corrected chi connectivity index (χ1v) is 8.29. The van der Waals surface area contributed by atoms with Crippen LogP contribution in [0.2, 0.25) is 5.02 Å². The minimum atomic E-state index is -0.122. The van der Waals surface area contributed by atoms with Crippen molar-refractivity contribution >= 4 is 34.5 Å². The molecule has 0 aliphatic carbocycles. The van der Waals surface area contributed by atoms with Crippen LogP contribution in [0, 0.1) is 6.92 Å². The van der Waals surface area contributed by atoms with Crippen molar-refractivity contribution in [2.45, 2.75) is 13.3 Å². The number of halogens is 1. The van der Waals surface area contributed by atoms with E-state index in [4.69, 9.17) is 11.6 Å². The summed E-state index contributed by atoms with van der Waals surface area (Å²) in [6.45, 7) is 1.92. The molecular formula is C17H14ClN3OS. The molecule has 1 aromatic carbocycles. The summed E-state index contributed by atoms with van der Waals surface area (Å²) in [5.41, 5.74) is 3.20. The summed E-state index contributed by atoms with van der Waals surface area (Å²) in [6, 6.07) is 11.1. The highest BCUT2D eigenvalue weighted by atomic mass is 35.5. The Labute approximate surface area is 143 Å². The summed E-state index contributed by atoms with van der Waals surface area (Å²) in [5.74, 6) is -0.122. The third kappa shape index (κ3) is 3.94. The molecule has 6 heteroatoms. The average molecular weight is 344 g/mol. The topological polar surface area (TPSA) is 54.9 Å². The normalized spacial score (nSPS) is 10.5. The van der Waals surface area contributed by atoms with Crippen molar-refractivity contribution in [3.8, 4) is 10.7 Å². The molecular weight excluding hydrogens is 330 g/mol. The molecule has 2 heterocycles. The van der Waals surface area contributed by atoms with E-state index < -0.39 is 0 Å².